The van der Waals surface area contributed by atoms with Gasteiger partial charge in [-0.3, -0.25) is 4.55 Å². The molecule has 5 nitrogen and oxygen atoms in total. The van der Waals surface area contributed by atoms with Gasteiger partial charge in [-0.15, -0.1) is 12.7 Å². The van der Waals surface area contributed by atoms with Crippen LogP contribution in [-0.4, -0.2) is 43.7 Å². The standard InChI is InChI=1S/C36H55OP.C13H12N.CH4O3S.Pd/c1-24(2)28-22-32(25(3)4)35(33(23-28)26(5)6)31-20-15-21-34(37-27(7)8)36(31)38(29-16-11-9-12-17-29)30-18-13-10-14-19-30;1-14-13-10-6-5-9-12(13)11-7-3-2-4-8-11;1-5(2,3)4;/h15,20-27,29-30H,9-14,16-19H2,1-8H3;2-10H,1H3;1H3,(H,2,3,4);/q;-1;;+2/p+1. The quantitative estimate of drug-likeness (QED) is 0.0924. The molecule has 8 heteroatoms. The molecular formula is C50H72NO4PPdS+2. The van der Waals surface area contributed by atoms with E-state index in [1.54, 1.807) is 5.30 Å². The average molecular weight is 921 g/mol. The maximum absolute atomic E-state index is 9.19. The van der Waals surface area contributed by atoms with Gasteiger partial charge in [-0.05, 0) is 122 Å². The summed E-state index contributed by atoms with van der Waals surface area (Å²) in [4.78, 5) is 0. The second kappa shape index (κ2) is 24.1. The van der Waals surface area contributed by atoms with Gasteiger partial charge in [-0.2, -0.15) is 8.42 Å². The van der Waals surface area contributed by atoms with E-state index in [9.17, 15) is 8.42 Å². The van der Waals surface area contributed by atoms with Crippen molar-refractivity contribution < 1.29 is 38.1 Å². The number of ether oxygens (including phenoxy) is 1. The molecule has 0 aromatic heterocycles. The van der Waals surface area contributed by atoms with Crippen LogP contribution in [0.3, 0.4) is 0 Å². The molecule has 0 atom stereocenters. The number of para-hydroxylation sites is 1. The zero-order valence-corrected chi connectivity index (χ0v) is 40.3. The molecule has 0 amide bonds. The molecule has 2 aliphatic rings. The molecule has 0 unspecified atom stereocenters. The van der Waals surface area contributed by atoms with Crippen molar-refractivity contribution >= 4 is 29.0 Å². The number of benzene rings is 4. The second-order valence-electron chi connectivity index (χ2n) is 17.3. The van der Waals surface area contributed by atoms with Crippen molar-refractivity contribution in [3.63, 3.8) is 0 Å². The molecule has 0 heterocycles. The number of hydrogen-bond donors (Lipinski definition) is 1. The van der Waals surface area contributed by atoms with Crippen LogP contribution >= 0.6 is 7.92 Å². The summed E-state index contributed by atoms with van der Waals surface area (Å²) < 4.78 is 32.6. The molecule has 0 bridgehead atoms. The smallest absolute Gasteiger partial charge is 0.686 e. The van der Waals surface area contributed by atoms with Crippen molar-refractivity contribution in [2.24, 2.45) is 0 Å². The van der Waals surface area contributed by atoms with Gasteiger partial charge in [-0.25, -0.2) is 0 Å². The van der Waals surface area contributed by atoms with Crippen LogP contribution in [0.2, 0.25) is 0 Å². The fraction of sp³-hybridized carbons (Fsp3) is 0.520. The van der Waals surface area contributed by atoms with E-state index < -0.39 is 18.0 Å². The zero-order valence-electron chi connectivity index (χ0n) is 37.0. The summed E-state index contributed by atoms with van der Waals surface area (Å²) >= 11 is 0. The van der Waals surface area contributed by atoms with E-state index in [-0.39, 0.29) is 26.5 Å². The fourth-order valence-electron chi connectivity index (χ4n) is 8.76. The maximum atomic E-state index is 9.19. The minimum atomic E-state index is -3.67. The van der Waals surface area contributed by atoms with Crippen molar-refractivity contribution in [2.45, 2.75) is 155 Å². The van der Waals surface area contributed by atoms with E-state index in [0.717, 1.165) is 17.0 Å². The third-order valence-corrected chi connectivity index (χ3v) is 15.4. The molecule has 4 aromatic rings. The van der Waals surface area contributed by atoms with Crippen molar-refractivity contribution in [1.82, 2.24) is 0 Å². The topological polar surface area (TPSA) is 77.7 Å². The first kappa shape index (κ1) is 49.8. The van der Waals surface area contributed by atoms with Gasteiger partial charge < -0.3 is 10.1 Å². The molecule has 2 saturated carbocycles. The molecule has 320 valence electrons. The van der Waals surface area contributed by atoms with Gasteiger partial charge >= 0.3 is 20.4 Å². The largest absolute Gasteiger partial charge is 2.00 e. The summed E-state index contributed by atoms with van der Waals surface area (Å²) in [6.45, 7) is 18.7. The van der Waals surface area contributed by atoms with Gasteiger partial charge in [0.25, 0.3) is 10.1 Å². The normalized spacial score (nSPS) is 15.1. The van der Waals surface area contributed by atoms with Gasteiger partial charge in [0, 0.05) is 13.5 Å². The van der Waals surface area contributed by atoms with Gasteiger partial charge in [-0.1, -0.05) is 133 Å². The third kappa shape index (κ3) is 14.6. The van der Waals surface area contributed by atoms with Crippen LogP contribution in [-0.2, 0) is 30.5 Å². The fourth-order valence-corrected chi connectivity index (χ4v) is 13.2. The van der Waals surface area contributed by atoms with Crippen molar-refractivity contribution in [3.8, 4) is 28.0 Å². The molecule has 58 heavy (non-hydrogen) atoms. The molecule has 0 radical (unpaired) electrons. The first-order valence-corrected chi connectivity index (χ1v) is 25.1. The number of rotatable bonds is 11. The molecule has 2 fully saturated rings. The van der Waals surface area contributed by atoms with Crippen molar-refractivity contribution in [2.75, 3.05) is 13.3 Å². The van der Waals surface area contributed by atoms with E-state index >= 15 is 0 Å². The Morgan fingerprint density at radius 1 is 0.655 bits per heavy atom. The first-order valence-electron chi connectivity index (χ1n) is 21.6. The summed E-state index contributed by atoms with van der Waals surface area (Å²) in [5.41, 5.74) is 12.8. The SMILES string of the molecule is CC(C)Oc1cccc(-c2c(C(C)C)cc(C(C)C)cc2C(C)C)c1[PH+](C1CCCCC1)C1CCCCC1.CS(=O)(=O)O.C[N-]c1ccccc1-c1ccccc1.[Pd+2]. The van der Waals surface area contributed by atoms with E-state index in [4.69, 9.17) is 9.29 Å². The van der Waals surface area contributed by atoms with Crippen LogP contribution in [0.5, 0.6) is 5.75 Å². The number of nitrogens with zero attached hydrogens (tertiary/aromatic N) is 1. The van der Waals surface area contributed by atoms with Gasteiger partial charge in [0.1, 0.15) is 5.30 Å². The first-order chi connectivity index (χ1) is 27.1. The van der Waals surface area contributed by atoms with Gasteiger partial charge in [0.2, 0.25) is 0 Å². The maximum Gasteiger partial charge on any atom is 2.00 e. The van der Waals surface area contributed by atoms with Crippen LogP contribution in [0.1, 0.15) is 154 Å². The molecule has 0 aliphatic heterocycles. The zero-order chi connectivity index (χ0) is 41.7. The Hall–Kier alpha value is -2.52. The average Bonchev–Trinajstić information content (AvgIpc) is 3.18. The Kier molecular flexibility index (Phi) is 20.7. The molecule has 4 aromatic carbocycles. The van der Waals surface area contributed by atoms with Gasteiger partial charge in [0.05, 0.1) is 23.7 Å². The van der Waals surface area contributed by atoms with Crippen LogP contribution in [0.4, 0.5) is 5.69 Å². The van der Waals surface area contributed by atoms with Crippen LogP contribution in [0, 0.1) is 0 Å². The van der Waals surface area contributed by atoms with Crippen molar-refractivity contribution in [1.29, 1.82) is 0 Å². The predicted octanol–water partition coefficient (Wildman–Crippen LogP) is 14.5. The molecular weight excluding hydrogens is 848 g/mol. The van der Waals surface area contributed by atoms with Crippen LogP contribution < -0.4 is 10.0 Å². The third-order valence-electron chi connectivity index (χ3n) is 11.4. The van der Waals surface area contributed by atoms with Crippen LogP contribution in [0.25, 0.3) is 27.6 Å². The minimum absolute atomic E-state index is 0. The van der Waals surface area contributed by atoms with Crippen LogP contribution in [0.15, 0.2) is 84.9 Å². The van der Waals surface area contributed by atoms with Crippen molar-refractivity contribution in [3.05, 3.63) is 107 Å². The van der Waals surface area contributed by atoms with E-state index in [2.05, 4.69) is 109 Å². The number of hydrogen-bond acceptors (Lipinski definition) is 3. The Bertz CT molecular complexity index is 1880. The summed E-state index contributed by atoms with van der Waals surface area (Å²) in [5, 5.41) is 5.91. The Labute approximate surface area is 368 Å². The Morgan fingerprint density at radius 3 is 1.57 bits per heavy atom. The van der Waals surface area contributed by atoms with E-state index in [1.165, 1.54) is 109 Å². The minimum Gasteiger partial charge on any atom is -0.686 e. The van der Waals surface area contributed by atoms with E-state index in [0.29, 0.717) is 24.0 Å². The summed E-state index contributed by atoms with van der Waals surface area (Å²) in [7, 11) is -2.66. The Morgan fingerprint density at radius 2 is 1.12 bits per heavy atom. The predicted molar refractivity (Wildman–Crippen MR) is 250 cm³/mol. The molecule has 0 saturated heterocycles. The van der Waals surface area contributed by atoms with E-state index in [1.807, 2.05) is 43.4 Å². The monoisotopic (exact) mass is 919 g/mol. The molecule has 1 N–H and O–H groups in total. The second-order valence-corrected chi connectivity index (χ2v) is 21.9. The summed E-state index contributed by atoms with van der Waals surface area (Å²) in [5.74, 6) is 2.73. The summed E-state index contributed by atoms with van der Waals surface area (Å²) in [6.07, 6.45) is 15.2. The Balaban J connectivity index is 0.000000370. The van der Waals surface area contributed by atoms with Gasteiger partial charge in [0.15, 0.2) is 5.75 Å². The molecule has 0 spiro atoms. The molecule has 6 rings (SSSR count). The molecule has 2 aliphatic carbocycles. The summed E-state index contributed by atoms with van der Waals surface area (Å²) in [6, 6.07) is 30.7.